The van der Waals surface area contributed by atoms with Gasteiger partial charge < -0.3 is 19.0 Å². The maximum atomic E-state index is 12.7. The average molecular weight is 482 g/mol. The third-order valence-corrected chi connectivity index (χ3v) is 5.74. The number of hydrogen-bond donors (Lipinski definition) is 1. The Hall–Kier alpha value is -4.33. The van der Waals surface area contributed by atoms with Gasteiger partial charge in [0.1, 0.15) is 5.75 Å². The van der Waals surface area contributed by atoms with Gasteiger partial charge in [0.05, 0.1) is 24.2 Å². The molecule has 1 N–H and O–H groups in total. The van der Waals surface area contributed by atoms with Crippen LogP contribution in [-0.4, -0.2) is 34.1 Å². The first-order chi connectivity index (χ1) is 16.8. The lowest BCUT2D eigenvalue weighted by molar-refractivity contribution is -0.274. The van der Waals surface area contributed by atoms with Gasteiger partial charge >= 0.3 is 12.3 Å². The summed E-state index contributed by atoms with van der Waals surface area (Å²) in [7, 11) is 0. The fourth-order valence-corrected chi connectivity index (χ4v) is 4.32. The Morgan fingerprint density at radius 3 is 2.83 bits per heavy atom. The number of aromatic amines is 1. The molecule has 1 aliphatic carbocycles. The van der Waals surface area contributed by atoms with E-state index < -0.39 is 12.1 Å². The number of hydrogen-bond acceptors (Lipinski definition) is 7. The predicted octanol–water partition coefficient (Wildman–Crippen LogP) is 5.25. The Kier molecular flexibility index (Phi) is 5.43. The number of carbonyl (C=O) groups excluding carboxylic acids is 1. The fourth-order valence-electron chi connectivity index (χ4n) is 4.32. The molecule has 1 unspecified atom stereocenters. The molecule has 11 heteroatoms. The number of carbonyl (C=O) groups is 1. The van der Waals surface area contributed by atoms with Crippen molar-refractivity contribution in [1.82, 2.24) is 15.1 Å². The van der Waals surface area contributed by atoms with E-state index in [0.29, 0.717) is 25.0 Å². The lowest BCUT2D eigenvalue weighted by Crippen LogP contribution is -2.17. The molecular formula is C24H17F3N4O4. The Balaban J connectivity index is 1.48. The van der Waals surface area contributed by atoms with Crippen LogP contribution in [0.1, 0.15) is 36.1 Å². The summed E-state index contributed by atoms with van der Waals surface area (Å²) in [6, 6.07) is 10.6. The summed E-state index contributed by atoms with van der Waals surface area (Å²) in [4.78, 5) is 19.9. The van der Waals surface area contributed by atoms with E-state index in [4.69, 9.17) is 14.5 Å². The summed E-state index contributed by atoms with van der Waals surface area (Å²) in [6.45, 7) is 2.08. The van der Waals surface area contributed by atoms with Gasteiger partial charge in [0.25, 0.3) is 5.89 Å². The number of aromatic nitrogens is 3. The second kappa shape index (κ2) is 8.47. The number of alkyl halides is 3. The van der Waals surface area contributed by atoms with E-state index >= 15 is 0 Å². The van der Waals surface area contributed by atoms with Gasteiger partial charge in [-0.25, -0.2) is 0 Å². The van der Waals surface area contributed by atoms with E-state index in [2.05, 4.69) is 19.9 Å². The Bertz CT molecular complexity index is 1480. The van der Waals surface area contributed by atoms with E-state index in [1.54, 1.807) is 19.1 Å². The summed E-state index contributed by atoms with van der Waals surface area (Å²) in [5, 5.41) is 14.0. The SMILES string of the molecule is CCOC(=O)C1CCc2c1[nH]c1ccc(-c3noc(-c4cc(C#N)cc(OC(F)(F)F)c4)n3)cc21. The number of aryl methyl sites for hydroxylation is 1. The molecule has 2 heterocycles. The number of nitrogens with one attached hydrogen (secondary N) is 1. The third kappa shape index (κ3) is 4.30. The minimum atomic E-state index is -4.91. The highest BCUT2D eigenvalue weighted by Crippen LogP contribution is 2.39. The van der Waals surface area contributed by atoms with Crippen molar-refractivity contribution >= 4 is 16.9 Å². The smallest absolute Gasteiger partial charge is 0.465 e. The molecule has 0 aliphatic heterocycles. The Morgan fingerprint density at radius 1 is 1.26 bits per heavy atom. The maximum absolute atomic E-state index is 12.7. The van der Waals surface area contributed by atoms with Crippen LogP contribution in [0.2, 0.25) is 0 Å². The lowest BCUT2D eigenvalue weighted by atomic mass is 10.1. The van der Waals surface area contributed by atoms with Crippen molar-refractivity contribution < 1.29 is 32.0 Å². The van der Waals surface area contributed by atoms with E-state index in [1.165, 1.54) is 6.07 Å². The van der Waals surface area contributed by atoms with Crippen LogP contribution in [0.3, 0.4) is 0 Å². The van der Waals surface area contributed by atoms with Crippen molar-refractivity contribution in [2.75, 3.05) is 6.61 Å². The van der Waals surface area contributed by atoms with Gasteiger partial charge in [-0.3, -0.25) is 4.79 Å². The van der Waals surface area contributed by atoms with Crippen LogP contribution in [0.5, 0.6) is 5.75 Å². The van der Waals surface area contributed by atoms with Crippen molar-refractivity contribution in [1.29, 1.82) is 5.26 Å². The molecule has 0 saturated carbocycles. The zero-order valence-electron chi connectivity index (χ0n) is 18.3. The standard InChI is InChI=1S/C24H17F3N4O4/c1-2-33-23(32)17-5-4-16-18-10-13(3-6-19(18)29-20(16)17)21-30-22(35-31-21)14-7-12(11-28)8-15(9-14)34-24(25,26)27/h3,6-10,17,29H,2,4-5H2,1H3. The van der Waals surface area contributed by atoms with Gasteiger partial charge in [-0.05, 0) is 61.7 Å². The molecule has 0 spiro atoms. The Morgan fingerprint density at radius 2 is 2.09 bits per heavy atom. The van der Waals surface area contributed by atoms with Crippen LogP contribution in [0.4, 0.5) is 13.2 Å². The van der Waals surface area contributed by atoms with Crippen LogP contribution < -0.4 is 4.74 Å². The maximum Gasteiger partial charge on any atom is 0.573 e. The highest BCUT2D eigenvalue weighted by molar-refractivity contribution is 5.92. The zero-order chi connectivity index (χ0) is 24.7. The summed E-state index contributed by atoms with van der Waals surface area (Å²) in [5.74, 6) is -0.998. The summed E-state index contributed by atoms with van der Waals surface area (Å²) in [6.07, 6.45) is -3.54. The average Bonchev–Trinajstić information content (AvgIpc) is 3.53. The van der Waals surface area contributed by atoms with E-state index in [-0.39, 0.29) is 34.7 Å². The topological polar surface area (TPSA) is 114 Å². The monoisotopic (exact) mass is 482 g/mol. The van der Waals surface area contributed by atoms with Crippen molar-refractivity contribution in [3.05, 3.63) is 53.2 Å². The van der Waals surface area contributed by atoms with Gasteiger partial charge in [0.15, 0.2) is 0 Å². The number of fused-ring (bicyclic) bond motifs is 3. The van der Waals surface area contributed by atoms with E-state index in [9.17, 15) is 18.0 Å². The first kappa shape index (κ1) is 22.5. The normalized spacial score (nSPS) is 15.1. The van der Waals surface area contributed by atoms with E-state index in [1.807, 2.05) is 12.1 Å². The first-order valence-corrected chi connectivity index (χ1v) is 10.7. The van der Waals surface area contributed by atoms with Crippen molar-refractivity contribution in [2.45, 2.75) is 32.0 Å². The highest BCUT2D eigenvalue weighted by atomic mass is 19.4. The highest BCUT2D eigenvalue weighted by Gasteiger charge is 2.33. The van der Waals surface area contributed by atoms with Crippen LogP contribution >= 0.6 is 0 Å². The number of nitrogens with zero attached hydrogens (tertiary/aromatic N) is 3. The molecule has 35 heavy (non-hydrogen) atoms. The number of nitriles is 1. The molecule has 8 nitrogen and oxygen atoms in total. The second-order valence-electron chi connectivity index (χ2n) is 7.95. The molecule has 2 aromatic heterocycles. The molecule has 0 bridgehead atoms. The molecule has 2 aromatic carbocycles. The van der Waals surface area contributed by atoms with E-state index in [0.717, 1.165) is 34.3 Å². The number of halogens is 3. The molecule has 4 aromatic rings. The third-order valence-electron chi connectivity index (χ3n) is 5.74. The van der Waals surface area contributed by atoms with Crippen molar-refractivity contribution in [3.63, 3.8) is 0 Å². The molecule has 0 fully saturated rings. The number of rotatable bonds is 5. The summed E-state index contributed by atoms with van der Waals surface area (Å²) in [5.41, 5.74) is 3.41. The largest absolute Gasteiger partial charge is 0.573 e. The first-order valence-electron chi connectivity index (χ1n) is 10.7. The molecule has 0 amide bonds. The van der Waals surface area contributed by atoms with Gasteiger partial charge in [0.2, 0.25) is 5.82 Å². The molecule has 0 saturated heterocycles. The molecule has 0 radical (unpaired) electrons. The second-order valence-corrected chi connectivity index (χ2v) is 7.95. The van der Waals surface area contributed by atoms with Crippen LogP contribution in [0.25, 0.3) is 33.7 Å². The molecular weight excluding hydrogens is 465 g/mol. The van der Waals surface area contributed by atoms with Gasteiger partial charge in [-0.15, -0.1) is 13.2 Å². The quantitative estimate of drug-likeness (QED) is 0.387. The van der Waals surface area contributed by atoms with Gasteiger partial charge in [-0.2, -0.15) is 10.2 Å². The fraction of sp³-hybridized carbons (Fsp3) is 0.250. The minimum absolute atomic E-state index is 0.0537. The molecule has 1 aliphatic rings. The Labute approximate surface area is 196 Å². The van der Waals surface area contributed by atoms with Crippen LogP contribution in [0, 0.1) is 11.3 Å². The van der Waals surface area contributed by atoms with Gasteiger partial charge in [0, 0.05) is 27.7 Å². The minimum Gasteiger partial charge on any atom is -0.465 e. The van der Waals surface area contributed by atoms with Crippen LogP contribution in [-0.2, 0) is 16.0 Å². The van der Waals surface area contributed by atoms with Crippen molar-refractivity contribution in [3.8, 4) is 34.7 Å². The number of ether oxygens (including phenoxy) is 2. The molecule has 5 rings (SSSR count). The molecule has 1 atom stereocenters. The number of H-pyrrole nitrogens is 1. The number of benzene rings is 2. The number of esters is 1. The molecule has 178 valence electrons. The summed E-state index contributed by atoms with van der Waals surface area (Å²) >= 11 is 0. The van der Waals surface area contributed by atoms with Crippen molar-refractivity contribution in [2.24, 2.45) is 0 Å². The zero-order valence-corrected chi connectivity index (χ0v) is 18.3. The van der Waals surface area contributed by atoms with Gasteiger partial charge in [-0.1, -0.05) is 5.16 Å². The summed E-state index contributed by atoms with van der Waals surface area (Å²) < 4.78 is 52.4. The predicted molar refractivity (Wildman–Crippen MR) is 116 cm³/mol. The lowest BCUT2D eigenvalue weighted by Gasteiger charge is -2.09. The van der Waals surface area contributed by atoms with Crippen LogP contribution in [0.15, 0.2) is 40.9 Å².